The Morgan fingerprint density at radius 2 is 2.00 bits per heavy atom. The van der Waals surface area contributed by atoms with Crippen molar-refractivity contribution < 1.29 is 4.79 Å². The molecule has 0 aromatic heterocycles. The van der Waals surface area contributed by atoms with Crippen molar-refractivity contribution >= 4 is 24.0 Å². The third-order valence-electron chi connectivity index (χ3n) is 2.39. The molecule has 0 unspecified atom stereocenters. The molecule has 2 rings (SSSR count). The molecule has 0 spiro atoms. The quantitative estimate of drug-likeness (QED) is 0.643. The Labute approximate surface area is 89.1 Å². The van der Waals surface area contributed by atoms with Crippen molar-refractivity contribution in [3.63, 3.8) is 0 Å². The van der Waals surface area contributed by atoms with Gasteiger partial charge in [-0.05, 0) is 37.6 Å². The number of carbonyl (C=O) groups is 1. The summed E-state index contributed by atoms with van der Waals surface area (Å²) in [6, 6.07) is 5.38. The molecule has 1 aromatic rings. The number of hydrogen-bond acceptors (Lipinski definition) is 2. The second-order valence-electron chi connectivity index (χ2n) is 3.88. The molecular weight excluding hydrogens is 200 g/mol. The van der Waals surface area contributed by atoms with Gasteiger partial charge in [-0.2, -0.15) is 0 Å². The van der Waals surface area contributed by atoms with Crippen LogP contribution in [0.15, 0.2) is 18.2 Å². The third-order valence-corrected chi connectivity index (χ3v) is 2.39. The van der Waals surface area contributed by atoms with Gasteiger partial charge < -0.3 is 11.1 Å². The summed E-state index contributed by atoms with van der Waals surface area (Å²) in [6.07, 6.45) is 0. The second-order valence-corrected chi connectivity index (χ2v) is 3.88. The minimum absolute atomic E-state index is 0. The van der Waals surface area contributed by atoms with E-state index in [1.54, 1.807) is 12.1 Å². The fraction of sp³-hybridized carbons (Fsp3) is 0.300. The highest BCUT2D eigenvalue weighted by molar-refractivity contribution is 6.00. The number of hydrogen-bond donors (Lipinski definition) is 2. The van der Waals surface area contributed by atoms with Crippen LogP contribution in [0.1, 0.15) is 29.8 Å². The van der Waals surface area contributed by atoms with Crippen LogP contribution in [-0.2, 0) is 5.54 Å². The summed E-state index contributed by atoms with van der Waals surface area (Å²) >= 11 is 0. The lowest BCUT2D eigenvalue weighted by atomic mass is 9.94. The maximum absolute atomic E-state index is 11.4. The Balaban J connectivity index is 0.000000980. The van der Waals surface area contributed by atoms with E-state index in [4.69, 9.17) is 5.73 Å². The SMILES string of the molecule is CC1(C)NC(=O)c2ccc(N)cc21.Cl. The Hall–Kier alpha value is -1.22. The van der Waals surface area contributed by atoms with Crippen LogP contribution in [0.25, 0.3) is 0 Å². The maximum atomic E-state index is 11.4. The molecule has 3 N–H and O–H groups in total. The van der Waals surface area contributed by atoms with Crippen molar-refractivity contribution in [1.29, 1.82) is 0 Å². The minimum Gasteiger partial charge on any atom is -0.399 e. The van der Waals surface area contributed by atoms with E-state index in [0.717, 1.165) is 11.1 Å². The van der Waals surface area contributed by atoms with Gasteiger partial charge in [-0.15, -0.1) is 12.4 Å². The zero-order chi connectivity index (χ0) is 9.64. The van der Waals surface area contributed by atoms with Crippen molar-refractivity contribution in [2.75, 3.05) is 5.73 Å². The molecule has 3 nitrogen and oxygen atoms in total. The summed E-state index contributed by atoms with van der Waals surface area (Å²) in [7, 11) is 0. The first kappa shape index (κ1) is 10.9. The van der Waals surface area contributed by atoms with E-state index < -0.39 is 0 Å². The first-order valence-electron chi connectivity index (χ1n) is 4.23. The zero-order valence-electron chi connectivity index (χ0n) is 8.13. The summed E-state index contributed by atoms with van der Waals surface area (Å²) in [5.74, 6) is -0.0139. The van der Waals surface area contributed by atoms with Crippen LogP contribution in [0.4, 0.5) is 5.69 Å². The van der Waals surface area contributed by atoms with Gasteiger partial charge in [0.25, 0.3) is 5.91 Å². The lowest BCUT2D eigenvalue weighted by Crippen LogP contribution is -2.32. The number of amides is 1. The van der Waals surface area contributed by atoms with Gasteiger partial charge in [0.15, 0.2) is 0 Å². The van der Waals surface area contributed by atoms with E-state index in [1.807, 2.05) is 19.9 Å². The van der Waals surface area contributed by atoms with E-state index in [2.05, 4.69) is 5.32 Å². The highest BCUT2D eigenvalue weighted by Crippen LogP contribution is 2.31. The van der Waals surface area contributed by atoms with Crippen LogP contribution in [0.2, 0.25) is 0 Å². The van der Waals surface area contributed by atoms with E-state index in [0.29, 0.717) is 5.69 Å². The largest absolute Gasteiger partial charge is 0.399 e. The van der Waals surface area contributed by atoms with Gasteiger partial charge in [0, 0.05) is 11.3 Å². The summed E-state index contributed by atoms with van der Waals surface area (Å²) in [4.78, 5) is 11.4. The van der Waals surface area contributed by atoms with Crippen LogP contribution < -0.4 is 11.1 Å². The first-order chi connectivity index (χ1) is 6.00. The number of nitrogens with one attached hydrogen (secondary N) is 1. The van der Waals surface area contributed by atoms with Gasteiger partial charge in [0.1, 0.15) is 0 Å². The molecule has 1 aliphatic rings. The number of anilines is 1. The van der Waals surface area contributed by atoms with Crippen molar-refractivity contribution in [2.45, 2.75) is 19.4 Å². The molecule has 0 aliphatic carbocycles. The molecule has 0 radical (unpaired) electrons. The molecular formula is C10H13ClN2O. The van der Waals surface area contributed by atoms with E-state index in [1.165, 1.54) is 0 Å². The number of rotatable bonds is 0. The van der Waals surface area contributed by atoms with Gasteiger partial charge in [0.05, 0.1) is 5.54 Å². The van der Waals surface area contributed by atoms with Crippen LogP contribution >= 0.6 is 12.4 Å². The fourth-order valence-corrected chi connectivity index (χ4v) is 1.70. The lowest BCUT2D eigenvalue weighted by Gasteiger charge is -2.18. The van der Waals surface area contributed by atoms with Crippen molar-refractivity contribution in [3.05, 3.63) is 29.3 Å². The molecule has 1 aromatic carbocycles. The molecule has 4 heteroatoms. The summed E-state index contributed by atoms with van der Waals surface area (Å²) in [6.45, 7) is 3.94. The normalized spacial score (nSPS) is 16.9. The lowest BCUT2D eigenvalue weighted by molar-refractivity contribution is 0.0940. The van der Waals surface area contributed by atoms with Crippen molar-refractivity contribution in [3.8, 4) is 0 Å². The van der Waals surface area contributed by atoms with Crippen LogP contribution in [0.5, 0.6) is 0 Å². The molecule has 0 saturated carbocycles. The number of fused-ring (bicyclic) bond motifs is 1. The number of halogens is 1. The molecule has 0 saturated heterocycles. The summed E-state index contributed by atoms with van der Waals surface area (Å²) < 4.78 is 0. The standard InChI is InChI=1S/C10H12N2O.ClH/c1-10(2)8-5-6(11)3-4-7(8)9(13)12-10;/h3-5H,11H2,1-2H3,(H,12,13);1H. The highest BCUT2D eigenvalue weighted by atomic mass is 35.5. The van der Waals surface area contributed by atoms with Crippen LogP contribution in [-0.4, -0.2) is 5.91 Å². The predicted molar refractivity (Wildman–Crippen MR) is 58.6 cm³/mol. The maximum Gasteiger partial charge on any atom is 0.252 e. The molecule has 0 bridgehead atoms. The van der Waals surface area contributed by atoms with E-state index >= 15 is 0 Å². The highest BCUT2D eigenvalue weighted by Gasteiger charge is 2.34. The topological polar surface area (TPSA) is 55.1 Å². The minimum atomic E-state index is -0.290. The average Bonchev–Trinajstić information content (AvgIpc) is 2.23. The smallest absolute Gasteiger partial charge is 0.252 e. The molecule has 14 heavy (non-hydrogen) atoms. The summed E-state index contributed by atoms with van der Waals surface area (Å²) in [5.41, 5.74) is 7.79. The predicted octanol–water partition coefficient (Wildman–Crippen LogP) is 1.67. The molecule has 0 atom stereocenters. The zero-order valence-corrected chi connectivity index (χ0v) is 8.94. The average molecular weight is 213 g/mol. The van der Waals surface area contributed by atoms with Gasteiger partial charge in [-0.25, -0.2) is 0 Å². The molecule has 1 amide bonds. The first-order valence-corrected chi connectivity index (χ1v) is 4.23. The van der Waals surface area contributed by atoms with Gasteiger partial charge >= 0.3 is 0 Å². The number of nitrogen functional groups attached to an aromatic ring is 1. The molecule has 76 valence electrons. The van der Waals surface area contributed by atoms with Crippen LogP contribution in [0, 0.1) is 0 Å². The fourth-order valence-electron chi connectivity index (χ4n) is 1.70. The van der Waals surface area contributed by atoms with E-state index in [9.17, 15) is 4.79 Å². The summed E-state index contributed by atoms with van der Waals surface area (Å²) in [5, 5.41) is 2.89. The Morgan fingerprint density at radius 3 is 2.64 bits per heavy atom. The van der Waals surface area contributed by atoms with Gasteiger partial charge in [0.2, 0.25) is 0 Å². The number of benzene rings is 1. The Kier molecular flexibility index (Phi) is 2.46. The Morgan fingerprint density at radius 1 is 1.36 bits per heavy atom. The van der Waals surface area contributed by atoms with Crippen molar-refractivity contribution in [1.82, 2.24) is 5.32 Å². The number of nitrogens with two attached hydrogens (primary N) is 1. The number of carbonyl (C=O) groups excluding carboxylic acids is 1. The van der Waals surface area contributed by atoms with Gasteiger partial charge in [-0.3, -0.25) is 4.79 Å². The molecule has 1 heterocycles. The third kappa shape index (κ3) is 1.44. The Bertz CT molecular complexity index is 388. The van der Waals surface area contributed by atoms with E-state index in [-0.39, 0.29) is 23.9 Å². The van der Waals surface area contributed by atoms with Crippen LogP contribution in [0.3, 0.4) is 0 Å². The van der Waals surface area contributed by atoms with Gasteiger partial charge in [-0.1, -0.05) is 0 Å². The second kappa shape index (κ2) is 3.17. The molecule has 0 fully saturated rings. The van der Waals surface area contributed by atoms with Crippen molar-refractivity contribution in [2.24, 2.45) is 0 Å². The molecule has 1 aliphatic heterocycles. The monoisotopic (exact) mass is 212 g/mol.